The van der Waals surface area contributed by atoms with Gasteiger partial charge in [0.2, 0.25) is 5.91 Å². The summed E-state index contributed by atoms with van der Waals surface area (Å²) in [6, 6.07) is 0. The highest BCUT2D eigenvalue weighted by atomic mass is 32.2. The Balaban J connectivity index is 4.40. The van der Waals surface area contributed by atoms with Gasteiger partial charge < -0.3 is 5.32 Å². The van der Waals surface area contributed by atoms with Crippen LogP contribution < -0.4 is 5.32 Å². The van der Waals surface area contributed by atoms with Gasteiger partial charge in [-0.05, 0) is 36.3 Å². The minimum Gasteiger partial charge on any atom is -0.352 e. The Kier molecular flexibility index (Phi) is 8.48. The molecule has 0 aliphatic carbocycles. The molecule has 0 radical (unpaired) electrons. The van der Waals surface area contributed by atoms with Gasteiger partial charge in [-0.25, -0.2) is 0 Å². The maximum atomic E-state index is 11.7. The van der Waals surface area contributed by atoms with Crippen molar-refractivity contribution in [3.63, 3.8) is 0 Å². The van der Waals surface area contributed by atoms with Crippen LogP contribution in [-0.4, -0.2) is 29.2 Å². The Morgan fingerprint density at radius 3 is 2.16 bits per heavy atom. The van der Waals surface area contributed by atoms with Crippen LogP contribution in [0.2, 0.25) is 0 Å². The topological polar surface area (TPSA) is 46.2 Å². The lowest BCUT2D eigenvalue weighted by Crippen LogP contribution is -2.32. The highest BCUT2D eigenvalue weighted by Gasteiger charge is 2.16. The fourth-order valence-electron chi connectivity index (χ4n) is 1.34. The normalized spacial score (nSPS) is 12.1. The van der Waals surface area contributed by atoms with Crippen LogP contribution in [-0.2, 0) is 9.59 Å². The van der Waals surface area contributed by atoms with E-state index in [1.54, 1.807) is 25.6 Å². The van der Waals surface area contributed by atoms with Gasteiger partial charge in [0.25, 0.3) is 0 Å². The standard InChI is InChI=1S/C15H25NO2S/c1-10(2)14(17)7-13(9-19-12(5)6)8-16-15(18)11(3)4/h12-13H,1,3,7-9H2,2,4-6H3,(H,16,18). The average molecular weight is 283 g/mol. The van der Waals surface area contributed by atoms with Crippen LogP contribution in [0.3, 0.4) is 0 Å². The Hall–Kier alpha value is -1.03. The summed E-state index contributed by atoms with van der Waals surface area (Å²) < 4.78 is 0. The Morgan fingerprint density at radius 2 is 1.74 bits per heavy atom. The Labute approximate surface area is 120 Å². The van der Waals surface area contributed by atoms with Crippen LogP contribution >= 0.6 is 11.8 Å². The minimum absolute atomic E-state index is 0.0685. The largest absolute Gasteiger partial charge is 0.352 e. The number of Topliss-reactive ketones (excluding diaryl/α,β-unsaturated/α-hetero) is 1. The van der Waals surface area contributed by atoms with Crippen molar-refractivity contribution in [3.8, 4) is 0 Å². The molecular formula is C15H25NO2S. The third-order valence-corrected chi connectivity index (χ3v) is 3.88. The zero-order valence-corrected chi connectivity index (χ0v) is 13.2. The maximum Gasteiger partial charge on any atom is 0.246 e. The molecule has 0 aromatic rings. The van der Waals surface area contributed by atoms with Crippen molar-refractivity contribution >= 4 is 23.5 Å². The second kappa shape index (κ2) is 8.97. The number of nitrogens with one attached hydrogen (secondary N) is 1. The molecule has 0 heterocycles. The van der Waals surface area contributed by atoms with Crippen LogP contribution in [0.4, 0.5) is 0 Å². The predicted molar refractivity (Wildman–Crippen MR) is 83.3 cm³/mol. The summed E-state index contributed by atoms with van der Waals surface area (Å²) in [4.78, 5) is 23.2. The lowest BCUT2D eigenvalue weighted by atomic mass is 10.0. The molecule has 0 aliphatic rings. The third kappa shape index (κ3) is 8.65. The quantitative estimate of drug-likeness (QED) is 0.662. The number of rotatable bonds is 9. The molecule has 1 N–H and O–H groups in total. The molecule has 1 amide bonds. The van der Waals surface area contributed by atoms with Crippen LogP contribution in [0.1, 0.15) is 34.1 Å². The van der Waals surface area contributed by atoms with E-state index in [4.69, 9.17) is 0 Å². The van der Waals surface area contributed by atoms with E-state index in [9.17, 15) is 9.59 Å². The first-order chi connectivity index (χ1) is 8.73. The van der Waals surface area contributed by atoms with E-state index in [0.29, 0.717) is 29.4 Å². The number of thioether (sulfide) groups is 1. The Morgan fingerprint density at radius 1 is 1.16 bits per heavy atom. The number of carbonyl (C=O) groups excluding carboxylic acids is 2. The van der Waals surface area contributed by atoms with Crippen molar-refractivity contribution < 1.29 is 9.59 Å². The summed E-state index contributed by atoms with van der Waals surface area (Å²) in [5.41, 5.74) is 1.06. The Bertz CT molecular complexity index is 361. The van der Waals surface area contributed by atoms with Gasteiger partial charge in [0.15, 0.2) is 5.78 Å². The van der Waals surface area contributed by atoms with Crippen molar-refractivity contribution in [2.45, 2.75) is 39.4 Å². The summed E-state index contributed by atoms with van der Waals surface area (Å²) in [5, 5.41) is 3.33. The maximum absolute atomic E-state index is 11.7. The van der Waals surface area contributed by atoms with Crippen molar-refractivity contribution in [3.05, 3.63) is 24.3 Å². The third-order valence-electron chi connectivity index (χ3n) is 2.55. The van der Waals surface area contributed by atoms with Gasteiger partial charge >= 0.3 is 0 Å². The molecule has 3 nitrogen and oxygen atoms in total. The number of carbonyl (C=O) groups is 2. The molecule has 1 unspecified atom stereocenters. The highest BCUT2D eigenvalue weighted by molar-refractivity contribution is 7.99. The molecule has 0 aromatic heterocycles. The summed E-state index contributed by atoms with van der Waals surface area (Å²) in [7, 11) is 0. The second-order valence-electron chi connectivity index (χ2n) is 5.15. The number of ketones is 1. The van der Waals surface area contributed by atoms with Crippen molar-refractivity contribution in [2.75, 3.05) is 12.3 Å². The molecule has 0 aliphatic heterocycles. The zero-order valence-electron chi connectivity index (χ0n) is 12.4. The summed E-state index contributed by atoms with van der Waals surface area (Å²) >= 11 is 1.80. The van der Waals surface area contributed by atoms with Gasteiger partial charge in [-0.15, -0.1) is 0 Å². The van der Waals surface area contributed by atoms with E-state index < -0.39 is 0 Å². The van der Waals surface area contributed by atoms with Crippen LogP contribution in [0.15, 0.2) is 24.3 Å². The average Bonchev–Trinajstić information content (AvgIpc) is 2.31. The fraction of sp³-hybridized carbons (Fsp3) is 0.600. The number of hydrogen-bond acceptors (Lipinski definition) is 3. The van der Waals surface area contributed by atoms with Gasteiger partial charge in [-0.1, -0.05) is 27.0 Å². The van der Waals surface area contributed by atoms with E-state index in [2.05, 4.69) is 32.3 Å². The van der Waals surface area contributed by atoms with Crippen LogP contribution in [0.25, 0.3) is 0 Å². The molecule has 0 saturated carbocycles. The molecule has 0 aromatic carbocycles. The van der Waals surface area contributed by atoms with Gasteiger partial charge in [0.05, 0.1) is 0 Å². The number of allylic oxidation sites excluding steroid dienone is 1. The summed E-state index contributed by atoms with van der Waals surface area (Å²) in [5.74, 6) is 0.911. The van der Waals surface area contributed by atoms with Gasteiger partial charge in [0.1, 0.15) is 0 Å². The number of amides is 1. The van der Waals surface area contributed by atoms with Crippen LogP contribution in [0, 0.1) is 5.92 Å². The molecule has 0 saturated heterocycles. The van der Waals surface area contributed by atoms with Gasteiger partial charge in [0, 0.05) is 18.5 Å². The number of hydrogen-bond donors (Lipinski definition) is 1. The lowest BCUT2D eigenvalue weighted by Gasteiger charge is -2.18. The van der Waals surface area contributed by atoms with Crippen molar-refractivity contribution in [1.29, 1.82) is 0 Å². The van der Waals surface area contributed by atoms with Crippen molar-refractivity contribution in [2.24, 2.45) is 5.92 Å². The molecule has 19 heavy (non-hydrogen) atoms. The van der Waals surface area contributed by atoms with Gasteiger partial charge in [-0.3, -0.25) is 9.59 Å². The molecule has 0 spiro atoms. The first-order valence-corrected chi connectivity index (χ1v) is 7.53. The van der Waals surface area contributed by atoms with Crippen LogP contribution in [0.5, 0.6) is 0 Å². The molecule has 4 heteroatoms. The first-order valence-electron chi connectivity index (χ1n) is 6.48. The second-order valence-corrected chi connectivity index (χ2v) is 6.76. The molecular weight excluding hydrogens is 258 g/mol. The van der Waals surface area contributed by atoms with Gasteiger partial charge in [-0.2, -0.15) is 11.8 Å². The predicted octanol–water partition coefficient (Wildman–Crippen LogP) is 2.97. The molecule has 0 fully saturated rings. The summed E-state index contributed by atoms with van der Waals surface area (Å²) in [6.07, 6.45) is 0.436. The van der Waals surface area contributed by atoms with Crippen molar-refractivity contribution in [1.82, 2.24) is 5.32 Å². The van der Waals surface area contributed by atoms with E-state index >= 15 is 0 Å². The molecule has 108 valence electrons. The monoisotopic (exact) mass is 283 g/mol. The molecule has 0 bridgehead atoms. The summed E-state index contributed by atoms with van der Waals surface area (Å²) in [6.45, 7) is 15.4. The lowest BCUT2D eigenvalue weighted by molar-refractivity contribution is -0.119. The smallest absolute Gasteiger partial charge is 0.246 e. The molecule has 1 atom stereocenters. The zero-order chi connectivity index (χ0) is 15.0. The SMILES string of the molecule is C=C(C)C(=O)CC(CNC(=O)C(=C)C)CSC(C)C. The minimum atomic E-state index is -0.151. The first kappa shape index (κ1) is 18.0. The fourth-order valence-corrected chi connectivity index (χ4v) is 2.24. The highest BCUT2D eigenvalue weighted by Crippen LogP contribution is 2.18. The van der Waals surface area contributed by atoms with E-state index in [0.717, 1.165) is 5.75 Å². The van der Waals surface area contributed by atoms with E-state index in [1.165, 1.54) is 0 Å². The molecule has 0 rings (SSSR count). The van der Waals surface area contributed by atoms with E-state index in [-0.39, 0.29) is 17.6 Å². The van der Waals surface area contributed by atoms with E-state index in [1.807, 2.05) is 0 Å².